The summed E-state index contributed by atoms with van der Waals surface area (Å²) < 4.78 is 0. The van der Waals surface area contributed by atoms with Crippen LogP contribution in [0.2, 0.25) is 0 Å². The minimum atomic E-state index is 0.354. The van der Waals surface area contributed by atoms with Gasteiger partial charge in [-0.2, -0.15) is 0 Å². The third kappa shape index (κ3) is 11.4. The van der Waals surface area contributed by atoms with Crippen molar-refractivity contribution < 1.29 is 5.11 Å². The molecule has 0 saturated heterocycles. The first-order valence-corrected chi connectivity index (χ1v) is 5.80. The molecule has 1 N–H and O–H groups in total. The molecule has 0 aliphatic carbocycles. The molecule has 0 heterocycles. The number of hydrogen-bond acceptors (Lipinski definition) is 1. The van der Waals surface area contributed by atoms with E-state index in [0.29, 0.717) is 6.61 Å². The Hall–Kier alpha value is -0.560. The summed E-state index contributed by atoms with van der Waals surface area (Å²) in [5.41, 5.74) is 0. The van der Waals surface area contributed by atoms with Gasteiger partial charge in [0, 0.05) is 6.61 Å². The number of unbranched alkanes of at least 4 members (excludes halogenated alkanes) is 7. The molecule has 0 aliphatic rings. The van der Waals surface area contributed by atoms with Gasteiger partial charge in [0.2, 0.25) is 0 Å². The van der Waals surface area contributed by atoms with Crippen LogP contribution < -0.4 is 0 Å². The van der Waals surface area contributed by atoms with E-state index in [1.807, 2.05) is 12.2 Å². The van der Waals surface area contributed by atoms with E-state index < -0.39 is 0 Å². The van der Waals surface area contributed by atoms with Gasteiger partial charge in [0.1, 0.15) is 0 Å². The first kappa shape index (κ1) is 13.4. The van der Waals surface area contributed by atoms with Crippen molar-refractivity contribution >= 4 is 0 Å². The Morgan fingerprint density at radius 2 is 1.43 bits per heavy atom. The Morgan fingerprint density at radius 1 is 0.857 bits per heavy atom. The highest BCUT2D eigenvalue weighted by atomic mass is 16.2. The monoisotopic (exact) mass is 196 g/mol. The first-order chi connectivity index (χ1) is 6.91. The van der Waals surface area contributed by atoms with E-state index in [2.05, 4.69) is 12.7 Å². The fourth-order valence-corrected chi connectivity index (χ4v) is 1.45. The molecule has 0 aliphatic heterocycles. The van der Waals surface area contributed by atoms with E-state index in [9.17, 15) is 0 Å². The SMILES string of the molecule is C=C/C=C/CCCCCCCCCO. The molecule has 0 atom stereocenters. The van der Waals surface area contributed by atoms with E-state index in [1.165, 1.54) is 44.9 Å². The van der Waals surface area contributed by atoms with Gasteiger partial charge in [-0.1, -0.05) is 56.9 Å². The lowest BCUT2D eigenvalue weighted by molar-refractivity contribution is 0.282. The number of allylic oxidation sites excluding steroid dienone is 3. The maximum atomic E-state index is 8.57. The smallest absolute Gasteiger partial charge is 0.0431 e. The predicted molar refractivity (Wildman–Crippen MR) is 63.4 cm³/mol. The van der Waals surface area contributed by atoms with Gasteiger partial charge in [-0.05, 0) is 19.3 Å². The topological polar surface area (TPSA) is 20.2 Å². The van der Waals surface area contributed by atoms with Crippen LogP contribution in [0.25, 0.3) is 0 Å². The zero-order valence-corrected chi connectivity index (χ0v) is 9.25. The van der Waals surface area contributed by atoms with E-state index in [1.54, 1.807) is 0 Å². The molecular weight excluding hydrogens is 172 g/mol. The van der Waals surface area contributed by atoms with E-state index in [4.69, 9.17) is 5.11 Å². The van der Waals surface area contributed by atoms with Crippen LogP contribution in [0.4, 0.5) is 0 Å². The zero-order chi connectivity index (χ0) is 10.5. The summed E-state index contributed by atoms with van der Waals surface area (Å²) >= 11 is 0. The molecule has 0 fully saturated rings. The second-order valence-corrected chi connectivity index (χ2v) is 3.65. The van der Waals surface area contributed by atoms with Crippen molar-refractivity contribution in [1.29, 1.82) is 0 Å². The Morgan fingerprint density at radius 3 is 2.00 bits per heavy atom. The summed E-state index contributed by atoms with van der Waals surface area (Å²) in [4.78, 5) is 0. The molecule has 0 aromatic carbocycles. The van der Waals surface area contributed by atoms with Crippen LogP contribution in [-0.4, -0.2) is 11.7 Å². The fourth-order valence-electron chi connectivity index (χ4n) is 1.45. The molecule has 0 radical (unpaired) electrons. The average molecular weight is 196 g/mol. The van der Waals surface area contributed by atoms with Crippen molar-refractivity contribution in [1.82, 2.24) is 0 Å². The molecule has 0 rings (SSSR count). The van der Waals surface area contributed by atoms with E-state index in [-0.39, 0.29) is 0 Å². The van der Waals surface area contributed by atoms with Crippen LogP contribution >= 0.6 is 0 Å². The second kappa shape index (κ2) is 12.4. The summed E-state index contributed by atoms with van der Waals surface area (Å²) in [7, 11) is 0. The lowest BCUT2D eigenvalue weighted by Crippen LogP contribution is -1.83. The molecule has 0 unspecified atom stereocenters. The van der Waals surface area contributed by atoms with Crippen molar-refractivity contribution in [3.8, 4) is 0 Å². The number of rotatable bonds is 10. The second-order valence-electron chi connectivity index (χ2n) is 3.65. The molecular formula is C13H24O. The normalized spacial score (nSPS) is 10.9. The summed E-state index contributed by atoms with van der Waals surface area (Å²) in [6.07, 6.45) is 15.9. The van der Waals surface area contributed by atoms with Crippen molar-refractivity contribution in [2.45, 2.75) is 51.4 Å². The van der Waals surface area contributed by atoms with Gasteiger partial charge in [0.25, 0.3) is 0 Å². The van der Waals surface area contributed by atoms with Gasteiger partial charge in [0.15, 0.2) is 0 Å². The number of hydrogen-bond donors (Lipinski definition) is 1. The molecule has 0 spiro atoms. The maximum absolute atomic E-state index is 8.57. The standard InChI is InChI=1S/C13H24O/c1-2-3-4-5-6-7-8-9-10-11-12-13-14/h2-4,14H,1,5-13H2/b4-3+. The fraction of sp³-hybridized carbons (Fsp3) is 0.692. The molecule has 0 saturated carbocycles. The lowest BCUT2D eigenvalue weighted by atomic mass is 10.1. The Balaban J connectivity index is 2.91. The van der Waals surface area contributed by atoms with Gasteiger partial charge in [0.05, 0.1) is 0 Å². The minimum absolute atomic E-state index is 0.354. The largest absolute Gasteiger partial charge is 0.396 e. The van der Waals surface area contributed by atoms with Crippen molar-refractivity contribution in [3.05, 3.63) is 24.8 Å². The quantitative estimate of drug-likeness (QED) is 0.416. The van der Waals surface area contributed by atoms with Gasteiger partial charge in [-0.25, -0.2) is 0 Å². The predicted octanol–water partition coefficient (Wildman–Crippen LogP) is 3.84. The van der Waals surface area contributed by atoms with E-state index in [0.717, 1.165) is 6.42 Å². The molecule has 0 bridgehead atoms. The Labute approximate surface area is 88.5 Å². The molecule has 1 nitrogen and oxygen atoms in total. The van der Waals surface area contributed by atoms with Gasteiger partial charge in [-0.3, -0.25) is 0 Å². The molecule has 1 heteroatoms. The molecule has 0 aromatic heterocycles. The third-order valence-electron chi connectivity index (χ3n) is 2.30. The van der Waals surface area contributed by atoms with Gasteiger partial charge >= 0.3 is 0 Å². The molecule has 0 aromatic rings. The van der Waals surface area contributed by atoms with Crippen LogP contribution in [0.15, 0.2) is 24.8 Å². The molecule has 82 valence electrons. The summed E-state index contributed by atoms with van der Waals surface area (Å²) in [6, 6.07) is 0. The molecule has 14 heavy (non-hydrogen) atoms. The number of aliphatic hydroxyl groups is 1. The summed E-state index contributed by atoms with van der Waals surface area (Å²) in [5, 5.41) is 8.57. The van der Waals surface area contributed by atoms with Crippen LogP contribution in [0, 0.1) is 0 Å². The van der Waals surface area contributed by atoms with Gasteiger partial charge in [-0.15, -0.1) is 0 Å². The first-order valence-electron chi connectivity index (χ1n) is 5.80. The van der Waals surface area contributed by atoms with Crippen LogP contribution in [0.5, 0.6) is 0 Å². The third-order valence-corrected chi connectivity index (χ3v) is 2.30. The Bertz CT molecular complexity index is 138. The van der Waals surface area contributed by atoms with E-state index >= 15 is 0 Å². The minimum Gasteiger partial charge on any atom is -0.396 e. The Kier molecular flexibility index (Phi) is 11.9. The average Bonchev–Trinajstić information content (AvgIpc) is 2.21. The van der Waals surface area contributed by atoms with Crippen molar-refractivity contribution in [2.75, 3.05) is 6.61 Å². The van der Waals surface area contributed by atoms with Gasteiger partial charge < -0.3 is 5.11 Å². The zero-order valence-electron chi connectivity index (χ0n) is 9.25. The maximum Gasteiger partial charge on any atom is 0.0431 e. The van der Waals surface area contributed by atoms with Crippen LogP contribution in [-0.2, 0) is 0 Å². The molecule has 0 amide bonds. The highest BCUT2D eigenvalue weighted by Crippen LogP contribution is 2.08. The van der Waals surface area contributed by atoms with Crippen LogP contribution in [0.3, 0.4) is 0 Å². The van der Waals surface area contributed by atoms with Crippen LogP contribution in [0.1, 0.15) is 51.4 Å². The highest BCUT2D eigenvalue weighted by molar-refractivity contribution is 4.96. The highest BCUT2D eigenvalue weighted by Gasteiger charge is 1.90. The number of aliphatic hydroxyl groups excluding tert-OH is 1. The van der Waals surface area contributed by atoms with Crippen molar-refractivity contribution in [3.63, 3.8) is 0 Å². The summed E-state index contributed by atoms with van der Waals surface area (Å²) in [6.45, 7) is 3.98. The summed E-state index contributed by atoms with van der Waals surface area (Å²) in [5.74, 6) is 0. The van der Waals surface area contributed by atoms with Crippen molar-refractivity contribution in [2.24, 2.45) is 0 Å². The lowest BCUT2D eigenvalue weighted by Gasteiger charge is -1.99.